The second-order valence-electron chi connectivity index (χ2n) is 3.55. The Morgan fingerprint density at radius 1 is 1.31 bits per heavy atom. The first kappa shape index (κ1) is 11.7. The summed E-state index contributed by atoms with van der Waals surface area (Å²) >= 11 is 9.18. The molecule has 0 aliphatic heterocycles. The predicted octanol–water partition coefficient (Wildman–Crippen LogP) is 4.77. The number of hydrogen-bond donors (Lipinski definition) is 1. The van der Waals surface area contributed by atoms with Crippen LogP contribution in [-0.2, 0) is 0 Å². The topological polar surface area (TPSA) is 20.2 Å². The van der Waals surface area contributed by atoms with Gasteiger partial charge in [-0.15, -0.1) is 0 Å². The second-order valence-corrected chi connectivity index (χ2v) is 4.89. The zero-order valence-corrected chi connectivity index (χ0v) is 10.6. The van der Waals surface area contributed by atoms with Crippen molar-refractivity contribution in [1.82, 2.24) is 0 Å². The van der Waals surface area contributed by atoms with Crippen molar-refractivity contribution < 1.29 is 9.50 Å². The van der Waals surface area contributed by atoms with Gasteiger partial charge in [0.25, 0.3) is 0 Å². The lowest BCUT2D eigenvalue weighted by Gasteiger charge is -2.15. The van der Waals surface area contributed by atoms with Crippen LogP contribution < -0.4 is 0 Å². The highest BCUT2D eigenvalue weighted by Gasteiger charge is 2.18. The lowest BCUT2D eigenvalue weighted by molar-refractivity contribution is 0.390. The molecule has 1 N–H and O–H groups in total. The van der Waals surface area contributed by atoms with E-state index in [-0.39, 0.29) is 11.6 Å². The fourth-order valence-electron chi connectivity index (χ4n) is 1.66. The summed E-state index contributed by atoms with van der Waals surface area (Å²) in [5.41, 5.74) is 0.819. The molecule has 1 aromatic rings. The van der Waals surface area contributed by atoms with Crippen molar-refractivity contribution in [1.29, 1.82) is 0 Å². The van der Waals surface area contributed by atoms with E-state index in [1.807, 2.05) is 0 Å². The normalized spacial score (nSPS) is 16.3. The van der Waals surface area contributed by atoms with Crippen LogP contribution >= 0.6 is 27.5 Å². The van der Waals surface area contributed by atoms with Gasteiger partial charge in [-0.05, 0) is 24.6 Å². The fraction of sp³-hybridized carbons (Fsp3) is 0.167. The van der Waals surface area contributed by atoms with Crippen LogP contribution in [0.3, 0.4) is 0 Å². The first-order valence-corrected chi connectivity index (χ1v) is 5.99. The minimum Gasteiger partial charge on any atom is -0.512 e. The largest absolute Gasteiger partial charge is 0.512 e. The molecule has 0 radical (unpaired) electrons. The zero-order valence-electron chi connectivity index (χ0n) is 8.30. The molecule has 0 aromatic heterocycles. The van der Waals surface area contributed by atoms with E-state index in [2.05, 4.69) is 15.9 Å². The summed E-state index contributed by atoms with van der Waals surface area (Å²) in [4.78, 5) is 0. The van der Waals surface area contributed by atoms with Gasteiger partial charge < -0.3 is 5.11 Å². The minimum absolute atomic E-state index is 0.176. The van der Waals surface area contributed by atoms with E-state index >= 15 is 0 Å². The van der Waals surface area contributed by atoms with Crippen LogP contribution in [0.4, 0.5) is 4.39 Å². The Morgan fingerprint density at radius 3 is 2.75 bits per heavy atom. The number of halogens is 3. The van der Waals surface area contributed by atoms with Crippen LogP contribution in [0.5, 0.6) is 0 Å². The fourth-order valence-corrected chi connectivity index (χ4v) is 2.42. The molecule has 4 heteroatoms. The molecule has 1 nitrogen and oxygen atoms in total. The minimum atomic E-state index is -0.376. The van der Waals surface area contributed by atoms with Crippen molar-refractivity contribution in [3.8, 4) is 0 Å². The third-order valence-corrected chi connectivity index (χ3v) is 3.40. The van der Waals surface area contributed by atoms with Crippen LogP contribution in [-0.4, -0.2) is 5.11 Å². The molecule has 2 rings (SSSR count). The summed E-state index contributed by atoms with van der Waals surface area (Å²) < 4.78 is 14.3. The van der Waals surface area contributed by atoms with Crippen molar-refractivity contribution in [3.63, 3.8) is 0 Å². The van der Waals surface area contributed by atoms with Gasteiger partial charge >= 0.3 is 0 Å². The third kappa shape index (κ3) is 2.15. The summed E-state index contributed by atoms with van der Waals surface area (Å²) in [7, 11) is 0. The monoisotopic (exact) mass is 302 g/mol. The van der Waals surface area contributed by atoms with E-state index < -0.39 is 0 Å². The molecule has 1 aliphatic rings. The van der Waals surface area contributed by atoms with Crippen molar-refractivity contribution in [3.05, 3.63) is 50.9 Å². The molecule has 0 bridgehead atoms. The maximum atomic E-state index is 13.7. The molecule has 0 unspecified atom stereocenters. The van der Waals surface area contributed by atoms with Crippen LogP contribution in [0.15, 0.2) is 39.5 Å². The van der Waals surface area contributed by atoms with Crippen LogP contribution in [0.25, 0.3) is 5.57 Å². The van der Waals surface area contributed by atoms with Gasteiger partial charge in [-0.2, -0.15) is 0 Å². The summed E-state index contributed by atoms with van der Waals surface area (Å²) in [5.74, 6) is -0.200. The highest BCUT2D eigenvalue weighted by Crippen LogP contribution is 2.35. The van der Waals surface area contributed by atoms with E-state index in [0.29, 0.717) is 33.5 Å². The van der Waals surface area contributed by atoms with Gasteiger partial charge in [-0.1, -0.05) is 33.6 Å². The summed E-state index contributed by atoms with van der Waals surface area (Å²) in [6.45, 7) is 0. The van der Waals surface area contributed by atoms with Gasteiger partial charge in [-0.3, -0.25) is 0 Å². The molecule has 1 aliphatic carbocycles. The number of hydrogen-bond acceptors (Lipinski definition) is 1. The van der Waals surface area contributed by atoms with Crippen molar-refractivity contribution in [2.75, 3.05) is 0 Å². The second kappa shape index (κ2) is 4.60. The summed E-state index contributed by atoms with van der Waals surface area (Å²) in [6.07, 6.45) is 2.66. The van der Waals surface area contributed by atoms with Gasteiger partial charge in [0.05, 0.1) is 0 Å². The number of aliphatic hydroxyl groups is 1. The Hall–Kier alpha value is -0.800. The first-order chi connectivity index (χ1) is 7.59. The summed E-state index contributed by atoms with van der Waals surface area (Å²) in [6, 6.07) is 4.69. The van der Waals surface area contributed by atoms with Crippen molar-refractivity contribution in [2.24, 2.45) is 0 Å². The summed E-state index contributed by atoms with van der Waals surface area (Å²) in [5, 5.41) is 10.4. The Balaban J connectivity index is 2.60. The van der Waals surface area contributed by atoms with Gasteiger partial charge in [0, 0.05) is 27.1 Å². The van der Waals surface area contributed by atoms with Crippen LogP contribution in [0, 0.1) is 5.82 Å². The standard InChI is InChI=1S/C12H9BrClFO/c13-9-2-1-3-10(15)12(9)8-6-7(14)4-5-11(8)16/h1-3,6,16H,4-5H2. The Kier molecular flexibility index (Phi) is 3.36. The molecule has 16 heavy (non-hydrogen) atoms. The molecule has 0 saturated carbocycles. The Bertz CT molecular complexity index is 474. The lowest BCUT2D eigenvalue weighted by Crippen LogP contribution is -1.99. The lowest BCUT2D eigenvalue weighted by atomic mass is 9.97. The van der Waals surface area contributed by atoms with E-state index in [1.54, 1.807) is 18.2 Å². The number of rotatable bonds is 1. The van der Waals surface area contributed by atoms with Crippen molar-refractivity contribution in [2.45, 2.75) is 12.8 Å². The van der Waals surface area contributed by atoms with E-state index in [9.17, 15) is 9.50 Å². The predicted molar refractivity (Wildman–Crippen MR) is 66.8 cm³/mol. The maximum Gasteiger partial charge on any atom is 0.132 e. The van der Waals surface area contributed by atoms with E-state index in [1.165, 1.54) is 6.07 Å². The van der Waals surface area contributed by atoms with E-state index in [0.717, 1.165) is 0 Å². The number of allylic oxidation sites excluding steroid dienone is 4. The SMILES string of the molecule is OC1=C(c2c(F)cccc2Br)C=C(Cl)CC1. The number of benzene rings is 1. The van der Waals surface area contributed by atoms with Crippen molar-refractivity contribution >= 4 is 33.1 Å². The van der Waals surface area contributed by atoms with Gasteiger partial charge in [0.2, 0.25) is 0 Å². The van der Waals surface area contributed by atoms with Gasteiger partial charge in [0.15, 0.2) is 0 Å². The average Bonchev–Trinajstić information content (AvgIpc) is 2.23. The molecule has 0 fully saturated rings. The number of aliphatic hydroxyl groups excluding tert-OH is 1. The maximum absolute atomic E-state index is 13.7. The molecule has 0 saturated heterocycles. The zero-order chi connectivity index (χ0) is 11.7. The van der Waals surface area contributed by atoms with E-state index in [4.69, 9.17) is 11.6 Å². The van der Waals surface area contributed by atoms with Gasteiger partial charge in [0.1, 0.15) is 11.6 Å². The van der Waals surface area contributed by atoms with Gasteiger partial charge in [-0.25, -0.2) is 4.39 Å². The average molecular weight is 304 g/mol. The van der Waals surface area contributed by atoms with Crippen LogP contribution in [0.1, 0.15) is 18.4 Å². The highest BCUT2D eigenvalue weighted by atomic mass is 79.9. The molecule has 84 valence electrons. The molecule has 0 amide bonds. The Morgan fingerprint density at radius 2 is 2.06 bits per heavy atom. The molecule has 0 spiro atoms. The van der Waals surface area contributed by atoms with Crippen LogP contribution in [0.2, 0.25) is 0 Å². The first-order valence-electron chi connectivity index (χ1n) is 4.82. The molecule has 0 atom stereocenters. The third-order valence-electron chi connectivity index (χ3n) is 2.44. The smallest absolute Gasteiger partial charge is 0.132 e. The molecule has 1 aromatic carbocycles. The highest BCUT2D eigenvalue weighted by molar-refractivity contribution is 9.10. The molecule has 0 heterocycles. The quantitative estimate of drug-likeness (QED) is 0.792. The molecular weight excluding hydrogens is 294 g/mol. The Labute approximate surface area is 106 Å². The molecular formula is C12H9BrClFO.